The van der Waals surface area contributed by atoms with E-state index in [0.717, 1.165) is 21.6 Å². The molecule has 1 aliphatic heterocycles. The van der Waals surface area contributed by atoms with Gasteiger partial charge in [-0.1, -0.05) is 23.5 Å². The highest BCUT2D eigenvalue weighted by Crippen LogP contribution is 2.33. The van der Waals surface area contributed by atoms with Gasteiger partial charge < -0.3 is 14.8 Å². The maximum Gasteiger partial charge on any atom is 0.396 e. The highest BCUT2D eigenvalue weighted by Gasteiger charge is 2.31. The first-order chi connectivity index (χ1) is 8.65. The molecule has 2 heterocycles. The van der Waals surface area contributed by atoms with Crippen molar-refractivity contribution >= 4 is 27.6 Å². The summed E-state index contributed by atoms with van der Waals surface area (Å²) in [4.78, 5) is 21.9. The van der Waals surface area contributed by atoms with Crippen molar-refractivity contribution in [1.82, 2.24) is 5.32 Å². The van der Waals surface area contributed by atoms with E-state index in [-0.39, 0.29) is 16.9 Å². The van der Waals surface area contributed by atoms with Gasteiger partial charge >= 0.3 is 10.9 Å². The highest BCUT2D eigenvalue weighted by atomic mass is 32.1. The Labute approximate surface area is 106 Å². The quantitative estimate of drug-likeness (QED) is 0.862. The van der Waals surface area contributed by atoms with Gasteiger partial charge in [-0.05, 0) is 18.1 Å². The first-order valence-electron chi connectivity index (χ1n) is 5.64. The SMILES string of the molecule is O=C(O)C1CNC(c2cccc3oc(=O)sc23)C1. The van der Waals surface area contributed by atoms with Gasteiger partial charge in [-0.25, -0.2) is 4.79 Å². The van der Waals surface area contributed by atoms with Crippen LogP contribution in [0.3, 0.4) is 0 Å². The molecule has 2 aromatic rings. The third-order valence-corrected chi connectivity index (χ3v) is 4.13. The number of nitrogens with one attached hydrogen (secondary N) is 1. The fourth-order valence-electron chi connectivity index (χ4n) is 2.35. The van der Waals surface area contributed by atoms with E-state index in [1.165, 1.54) is 0 Å². The van der Waals surface area contributed by atoms with E-state index in [1.54, 1.807) is 6.07 Å². The van der Waals surface area contributed by atoms with Gasteiger partial charge in [-0.3, -0.25) is 4.79 Å². The molecule has 6 heteroatoms. The zero-order valence-corrected chi connectivity index (χ0v) is 10.2. The fraction of sp³-hybridized carbons (Fsp3) is 0.333. The van der Waals surface area contributed by atoms with Crippen molar-refractivity contribution < 1.29 is 14.3 Å². The first kappa shape index (κ1) is 11.4. The Morgan fingerprint density at radius 3 is 3.06 bits per heavy atom. The molecular formula is C12H11NO4S. The summed E-state index contributed by atoms with van der Waals surface area (Å²) in [5.74, 6) is -1.15. The molecule has 94 valence electrons. The molecule has 1 aliphatic rings. The molecule has 0 spiro atoms. The van der Waals surface area contributed by atoms with E-state index >= 15 is 0 Å². The summed E-state index contributed by atoms with van der Waals surface area (Å²) in [6.45, 7) is 0.461. The van der Waals surface area contributed by atoms with Crippen LogP contribution in [0.4, 0.5) is 0 Å². The Morgan fingerprint density at radius 2 is 2.33 bits per heavy atom. The molecule has 1 fully saturated rings. The average molecular weight is 265 g/mol. The third kappa shape index (κ3) is 1.83. The summed E-state index contributed by atoms with van der Waals surface area (Å²) >= 11 is 1.07. The lowest BCUT2D eigenvalue weighted by Crippen LogP contribution is -2.17. The lowest BCUT2D eigenvalue weighted by Gasteiger charge is -2.10. The van der Waals surface area contributed by atoms with Gasteiger partial charge in [0, 0.05) is 12.6 Å². The minimum absolute atomic E-state index is 0.0250. The molecular weight excluding hydrogens is 254 g/mol. The molecule has 2 unspecified atom stereocenters. The molecule has 1 aromatic carbocycles. The topological polar surface area (TPSA) is 79.5 Å². The van der Waals surface area contributed by atoms with Crippen LogP contribution in [0, 0.1) is 5.92 Å². The van der Waals surface area contributed by atoms with Gasteiger partial charge in [0.25, 0.3) is 0 Å². The van der Waals surface area contributed by atoms with Crippen molar-refractivity contribution in [2.24, 2.45) is 5.92 Å². The van der Waals surface area contributed by atoms with Crippen LogP contribution >= 0.6 is 11.3 Å². The summed E-state index contributed by atoms with van der Waals surface area (Å²) in [7, 11) is 0. The van der Waals surface area contributed by atoms with Crippen molar-refractivity contribution in [3.63, 3.8) is 0 Å². The predicted molar refractivity (Wildman–Crippen MR) is 66.8 cm³/mol. The van der Waals surface area contributed by atoms with Gasteiger partial charge in [0.2, 0.25) is 0 Å². The maximum absolute atomic E-state index is 11.3. The van der Waals surface area contributed by atoms with Crippen LogP contribution in [0.5, 0.6) is 0 Å². The van der Waals surface area contributed by atoms with Crippen LogP contribution in [0.15, 0.2) is 27.4 Å². The average Bonchev–Trinajstić information content (AvgIpc) is 2.92. The van der Waals surface area contributed by atoms with Crippen molar-refractivity contribution in [2.75, 3.05) is 6.54 Å². The molecule has 1 aromatic heterocycles. The summed E-state index contributed by atoms with van der Waals surface area (Å²) < 4.78 is 5.87. The number of carbonyl (C=O) groups is 1. The number of carboxylic acids is 1. The van der Waals surface area contributed by atoms with E-state index in [0.29, 0.717) is 18.5 Å². The van der Waals surface area contributed by atoms with Crippen molar-refractivity contribution in [2.45, 2.75) is 12.5 Å². The Balaban J connectivity index is 2.00. The number of benzene rings is 1. The molecule has 0 bridgehead atoms. The molecule has 0 saturated carbocycles. The van der Waals surface area contributed by atoms with Gasteiger partial charge in [-0.2, -0.15) is 0 Å². The molecule has 0 radical (unpaired) electrons. The second-order valence-electron chi connectivity index (χ2n) is 4.36. The second kappa shape index (κ2) is 4.22. The normalized spacial score (nSPS) is 23.6. The molecule has 2 atom stereocenters. The van der Waals surface area contributed by atoms with E-state index in [1.807, 2.05) is 12.1 Å². The van der Waals surface area contributed by atoms with Crippen LogP contribution in [-0.4, -0.2) is 17.6 Å². The molecule has 2 N–H and O–H groups in total. The zero-order valence-electron chi connectivity index (χ0n) is 9.38. The summed E-state index contributed by atoms with van der Waals surface area (Å²) in [6.07, 6.45) is 0.542. The summed E-state index contributed by atoms with van der Waals surface area (Å²) in [5.41, 5.74) is 1.52. The van der Waals surface area contributed by atoms with Crippen molar-refractivity contribution in [1.29, 1.82) is 0 Å². The van der Waals surface area contributed by atoms with Gasteiger partial charge in [0.15, 0.2) is 0 Å². The maximum atomic E-state index is 11.3. The smallest absolute Gasteiger partial charge is 0.396 e. The van der Waals surface area contributed by atoms with E-state index < -0.39 is 5.97 Å². The molecule has 0 aliphatic carbocycles. The van der Waals surface area contributed by atoms with Gasteiger partial charge in [-0.15, -0.1) is 0 Å². The minimum Gasteiger partial charge on any atom is -0.481 e. The predicted octanol–water partition coefficient (Wildman–Crippen LogP) is 1.59. The number of hydrogen-bond acceptors (Lipinski definition) is 5. The number of rotatable bonds is 2. The largest absolute Gasteiger partial charge is 0.481 e. The lowest BCUT2D eigenvalue weighted by atomic mass is 10.00. The van der Waals surface area contributed by atoms with Gasteiger partial charge in [0.1, 0.15) is 5.58 Å². The Bertz CT molecular complexity index is 659. The number of aliphatic carboxylic acids is 1. The van der Waals surface area contributed by atoms with Crippen LogP contribution in [-0.2, 0) is 4.79 Å². The third-order valence-electron chi connectivity index (χ3n) is 3.24. The summed E-state index contributed by atoms with van der Waals surface area (Å²) in [5, 5.41) is 12.2. The minimum atomic E-state index is -0.780. The van der Waals surface area contributed by atoms with Crippen molar-refractivity contribution in [3.05, 3.63) is 33.5 Å². The Hall–Kier alpha value is -1.66. The van der Waals surface area contributed by atoms with E-state index in [2.05, 4.69) is 5.32 Å². The number of hydrogen-bond donors (Lipinski definition) is 2. The number of fused-ring (bicyclic) bond motifs is 1. The van der Waals surface area contributed by atoms with Crippen molar-refractivity contribution in [3.8, 4) is 0 Å². The zero-order chi connectivity index (χ0) is 12.7. The standard InChI is InChI=1S/C12H11NO4S/c14-11(15)6-4-8(13-5-6)7-2-1-3-9-10(7)18-12(16)17-9/h1-3,6,8,13H,4-5H2,(H,14,15). The first-order valence-corrected chi connectivity index (χ1v) is 6.45. The van der Waals surface area contributed by atoms with Crippen LogP contribution in [0.25, 0.3) is 10.3 Å². The molecule has 0 amide bonds. The lowest BCUT2D eigenvalue weighted by molar-refractivity contribution is -0.141. The fourth-order valence-corrected chi connectivity index (χ4v) is 3.19. The molecule has 5 nitrogen and oxygen atoms in total. The Morgan fingerprint density at radius 1 is 1.50 bits per heavy atom. The monoisotopic (exact) mass is 265 g/mol. The Kier molecular flexibility index (Phi) is 2.68. The van der Waals surface area contributed by atoms with Crippen LogP contribution < -0.4 is 10.3 Å². The highest BCUT2D eigenvalue weighted by molar-refractivity contribution is 7.16. The van der Waals surface area contributed by atoms with E-state index in [9.17, 15) is 9.59 Å². The molecule has 3 rings (SSSR count). The van der Waals surface area contributed by atoms with Gasteiger partial charge in [0.05, 0.1) is 10.6 Å². The second-order valence-corrected chi connectivity index (χ2v) is 5.31. The number of carboxylic acid groups (broad SMARTS) is 1. The van der Waals surface area contributed by atoms with Crippen LogP contribution in [0.2, 0.25) is 0 Å². The van der Waals surface area contributed by atoms with Crippen LogP contribution in [0.1, 0.15) is 18.0 Å². The molecule has 18 heavy (non-hydrogen) atoms. The summed E-state index contributed by atoms with van der Waals surface area (Å²) in [6, 6.07) is 5.46. The molecule has 1 saturated heterocycles. The van der Waals surface area contributed by atoms with E-state index in [4.69, 9.17) is 9.52 Å².